The topological polar surface area (TPSA) is 57.4 Å². The third-order valence-corrected chi connectivity index (χ3v) is 7.71. The van der Waals surface area contributed by atoms with Gasteiger partial charge in [0.05, 0.1) is 16.9 Å². The summed E-state index contributed by atoms with van der Waals surface area (Å²) in [4.78, 5) is 0. The van der Waals surface area contributed by atoms with Gasteiger partial charge in [0.25, 0.3) is 11.8 Å². The van der Waals surface area contributed by atoms with E-state index in [1.807, 2.05) is 0 Å². The van der Waals surface area contributed by atoms with Gasteiger partial charge < -0.3 is 13.9 Å². The van der Waals surface area contributed by atoms with Gasteiger partial charge in [-0.05, 0) is 107 Å². The maximum absolute atomic E-state index is 15.2. The minimum atomic E-state index is -5.85. The molecular weight excluding hydrogens is 710 g/mol. The second kappa shape index (κ2) is 14.8. The second-order valence-electron chi connectivity index (χ2n) is 14.0. The van der Waals surface area contributed by atoms with Crippen LogP contribution in [0.2, 0.25) is 0 Å². The number of alkyl halides is 6. The van der Waals surface area contributed by atoms with Crippen LogP contribution in [-0.2, 0) is 10.2 Å². The zero-order chi connectivity index (χ0) is 39.8. The predicted octanol–water partition coefficient (Wildman–Crippen LogP) is 12.3. The van der Waals surface area contributed by atoms with E-state index < -0.39 is 97.6 Å². The number of benzene rings is 2. The molecule has 0 aliphatic carbocycles. The van der Waals surface area contributed by atoms with Crippen molar-refractivity contribution in [1.29, 1.82) is 0 Å². The lowest BCUT2D eigenvalue weighted by Crippen LogP contribution is -2.51. The van der Waals surface area contributed by atoms with Gasteiger partial charge in [-0.2, -0.15) is 30.7 Å². The van der Waals surface area contributed by atoms with Gasteiger partial charge in [0, 0.05) is 0 Å². The van der Waals surface area contributed by atoms with Crippen LogP contribution < -0.4 is 4.74 Å². The van der Waals surface area contributed by atoms with Crippen LogP contribution in [0.5, 0.6) is 5.75 Å². The highest BCUT2D eigenvalue weighted by Gasteiger charge is 2.72. The molecule has 1 aromatic heterocycles. The molecule has 2 aromatic carbocycles. The van der Waals surface area contributed by atoms with Crippen LogP contribution >= 0.6 is 0 Å². The Kier molecular flexibility index (Phi) is 11.9. The molecule has 0 bridgehead atoms. The predicted molar refractivity (Wildman–Crippen MR) is 175 cm³/mol. The van der Waals surface area contributed by atoms with E-state index in [0.29, 0.717) is 26.0 Å². The van der Waals surface area contributed by atoms with E-state index in [2.05, 4.69) is 10.2 Å². The Labute approximate surface area is 294 Å². The zero-order valence-corrected chi connectivity index (χ0v) is 30.0. The maximum atomic E-state index is 15.2. The van der Waals surface area contributed by atoms with Gasteiger partial charge in [-0.1, -0.05) is 32.9 Å². The standard InChI is InChI=1S/C37H38F10N2O3/c1-19(35(36(42,43)44,37(45,46)47)20(2)12-14-22(4)52-34(8,9)10)11-13-21(3)50-28-16-15-23(29(40)30(28)41)31-48-49-32(51-31)24-17-27(39)25(18-26(24)38)33(5,6)7/h11-18H,1-10H3/b19-11+,20-12+,21-13+,22-14+. The average Bonchev–Trinajstić information content (AvgIpc) is 3.45. The van der Waals surface area contributed by atoms with Gasteiger partial charge in [0.15, 0.2) is 11.6 Å². The summed E-state index contributed by atoms with van der Waals surface area (Å²) in [6.07, 6.45) is -8.76. The van der Waals surface area contributed by atoms with E-state index >= 15 is 8.78 Å². The van der Waals surface area contributed by atoms with Crippen molar-refractivity contribution in [3.8, 4) is 28.7 Å². The molecule has 0 saturated heterocycles. The van der Waals surface area contributed by atoms with Crippen LogP contribution in [0.15, 0.2) is 75.7 Å². The van der Waals surface area contributed by atoms with Crippen molar-refractivity contribution < 1.29 is 57.8 Å². The normalized spacial score (nSPS) is 14.6. The number of aromatic nitrogens is 2. The quantitative estimate of drug-likeness (QED) is 0.124. The monoisotopic (exact) mass is 748 g/mol. The molecule has 1 heterocycles. The maximum Gasteiger partial charge on any atom is 0.410 e. The summed E-state index contributed by atoms with van der Waals surface area (Å²) in [7, 11) is 0. The van der Waals surface area contributed by atoms with E-state index in [9.17, 15) is 35.1 Å². The fourth-order valence-corrected chi connectivity index (χ4v) is 5.33. The molecule has 0 fully saturated rings. The van der Waals surface area contributed by atoms with E-state index in [1.54, 1.807) is 41.5 Å². The zero-order valence-electron chi connectivity index (χ0n) is 30.0. The van der Waals surface area contributed by atoms with Crippen molar-refractivity contribution >= 4 is 0 Å². The summed E-state index contributed by atoms with van der Waals surface area (Å²) in [5, 5.41) is 7.20. The number of nitrogens with zero attached hydrogens (tertiary/aromatic N) is 2. The lowest BCUT2D eigenvalue weighted by molar-refractivity contribution is -0.310. The number of halogens is 10. The van der Waals surface area contributed by atoms with Crippen LogP contribution in [0.4, 0.5) is 43.9 Å². The third kappa shape index (κ3) is 8.90. The first kappa shape index (κ1) is 41.9. The Morgan fingerprint density at radius 1 is 0.635 bits per heavy atom. The first-order valence-corrected chi connectivity index (χ1v) is 15.6. The Morgan fingerprint density at radius 3 is 1.62 bits per heavy atom. The Hall–Kier alpha value is -4.56. The molecule has 0 aliphatic heterocycles. The van der Waals surface area contributed by atoms with E-state index in [0.717, 1.165) is 43.3 Å². The van der Waals surface area contributed by atoms with Crippen molar-refractivity contribution in [2.24, 2.45) is 5.41 Å². The van der Waals surface area contributed by atoms with Crippen LogP contribution in [0.3, 0.4) is 0 Å². The molecule has 0 amide bonds. The number of hydrogen-bond acceptors (Lipinski definition) is 5. The lowest BCUT2D eigenvalue weighted by atomic mass is 9.72. The SMILES string of the molecule is C/C(=C\C=C(/C)C(/C(C)=C/C=C(\C)OC(C)(C)C)(C(F)(F)F)C(F)(F)F)Oc1ccc(-c2nnc(-c3cc(F)c(C(C)(C)C)cc3F)o2)c(F)c1F. The van der Waals surface area contributed by atoms with Crippen molar-refractivity contribution in [1.82, 2.24) is 10.2 Å². The van der Waals surface area contributed by atoms with E-state index in [1.165, 1.54) is 6.92 Å². The van der Waals surface area contributed by atoms with Gasteiger partial charge in [-0.3, -0.25) is 0 Å². The van der Waals surface area contributed by atoms with E-state index in [-0.39, 0.29) is 11.3 Å². The van der Waals surface area contributed by atoms with Gasteiger partial charge in [-0.15, -0.1) is 10.2 Å². The largest absolute Gasteiger partial charge is 0.493 e. The minimum absolute atomic E-state index is 0.0734. The van der Waals surface area contributed by atoms with Crippen molar-refractivity contribution in [2.75, 3.05) is 0 Å². The van der Waals surface area contributed by atoms with Gasteiger partial charge >= 0.3 is 12.4 Å². The number of rotatable bonds is 9. The third-order valence-electron chi connectivity index (χ3n) is 7.71. The Balaban J connectivity index is 1.97. The summed E-state index contributed by atoms with van der Waals surface area (Å²) in [5.74, 6) is -7.16. The molecule has 0 spiro atoms. The van der Waals surface area contributed by atoms with E-state index in [4.69, 9.17) is 13.9 Å². The molecular formula is C37H38F10N2O3. The van der Waals surface area contributed by atoms with Crippen molar-refractivity contribution in [3.63, 3.8) is 0 Å². The van der Waals surface area contributed by atoms with Gasteiger partial charge in [0.2, 0.25) is 11.2 Å². The van der Waals surface area contributed by atoms with Crippen molar-refractivity contribution in [3.05, 3.63) is 100 Å². The average molecular weight is 749 g/mol. The van der Waals surface area contributed by atoms with Gasteiger partial charge in [-0.25, -0.2) is 13.2 Å². The highest BCUT2D eigenvalue weighted by molar-refractivity contribution is 5.61. The number of allylic oxidation sites excluding steroid dienone is 8. The van der Waals surface area contributed by atoms with Gasteiger partial charge in [0.1, 0.15) is 23.0 Å². The summed E-state index contributed by atoms with van der Waals surface area (Å²) in [6, 6.07) is 3.62. The molecule has 5 nitrogen and oxygen atoms in total. The summed E-state index contributed by atoms with van der Waals surface area (Å²) < 4.78 is 163. The first-order valence-electron chi connectivity index (χ1n) is 15.6. The summed E-state index contributed by atoms with van der Waals surface area (Å²) in [5.41, 5.74) is -9.17. The molecule has 0 unspecified atom stereocenters. The molecule has 0 aliphatic rings. The second-order valence-corrected chi connectivity index (χ2v) is 14.0. The highest BCUT2D eigenvalue weighted by atomic mass is 19.4. The number of ether oxygens (including phenoxy) is 2. The van der Waals surface area contributed by atoms with Crippen molar-refractivity contribution in [2.45, 2.75) is 92.6 Å². The minimum Gasteiger partial charge on any atom is -0.493 e. The highest BCUT2D eigenvalue weighted by Crippen LogP contribution is 2.59. The van der Waals surface area contributed by atoms with Crippen LogP contribution in [0, 0.1) is 28.7 Å². The molecule has 15 heteroatoms. The summed E-state index contributed by atoms with van der Waals surface area (Å²) >= 11 is 0. The Bertz CT molecular complexity index is 1910. The fraction of sp³-hybridized carbons (Fsp3) is 0.405. The fourth-order valence-electron chi connectivity index (χ4n) is 5.33. The first-order chi connectivity index (χ1) is 23.6. The molecule has 284 valence electrons. The smallest absolute Gasteiger partial charge is 0.410 e. The molecule has 0 atom stereocenters. The molecule has 0 N–H and O–H groups in total. The summed E-state index contributed by atoms with van der Waals surface area (Å²) in [6.45, 7) is 13.8. The molecule has 0 radical (unpaired) electrons. The number of hydrogen-bond donors (Lipinski definition) is 0. The molecule has 52 heavy (non-hydrogen) atoms. The van der Waals surface area contributed by atoms with Crippen LogP contribution in [0.1, 0.15) is 74.8 Å². The molecule has 3 rings (SSSR count). The van der Waals surface area contributed by atoms with Crippen LogP contribution in [-0.4, -0.2) is 28.2 Å². The lowest BCUT2D eigenvalue weighted by Gasteiger charge is -2.39. The molecule has 0 saturated carbocycles. The Morgan fingerprint density at radius 2 is 1.13 bits per heavy atom. The van der Waals surface area contributed by atoms with Crippen LogP contribution in [0.25, 0.3) is 22.9 Å². The molecule has 3 aromatic rings.